The number of hydrogen-bond donors (Lipinski definition) is 1. The lowest BCUT2D eigenvalue weighted by molar-refractivity contribution is -0.144. The lowest BCUT2D eigenvalue weighted by Gasteiger charge is -2.07. The van der Waals surface area contributed by atoms with Crippen LogP contribution in [0, 0.1) is 17.1 Å². The van der Waals surface area contributed by atoms with Crippen molar-refractivity contribution in [3.8, 4) is 6.07 Å². The van der Waals surface area contributed by atoms with Gasteiger partial charge in [-0.15, -0.1) is 11.3 Å². The molecule has 0 radical (unpaired) electrons. The summed E-state index contributed by atoms with van der Waals surface area (Å²) in [6.07, 6.45) is -0.0590. The highest BCUT2D eigenvalue weighted by molar-refractivity contribution is 7.18. The molecule has 0 spiro atoms. The molecule has 1 aromatic heterocycles. The first-order valence-corrected chi connectivity index (χ1v) is 8.16. The van der Waals surface area contributed by atoms with Gasteiger partial charge in [-0.1, -0.05) is 12.1 Å². The molecule has 0 saturated heterocycles. The molecule has 0 atom stereocenters. The summed E-state index contributed by atoms with van der Waals surface area (Å²) < 4.78 is 22.9. The lowest BCUT2D eigenvalue weighted by atomic mass is 10.1. The summed E-state index contributed by atoms with van der Waals surface area (Å²) in [5.74, 6) is -1.59. The third-order valence-corrected chi connectivity index (χ3v) is 4.29. The van der Waals surface area contributed by atoms with Crippen LogP contribution in [0.25, 0.3) is 0 Å². The van der Waals surface area contributed by atoms with Gasteiger partial charge in [-0.2, -0.15) is 5.26 Å². The third-order valence-electron chi connectivity index (χ3n) is 3.25. The van der Waals surface area contributed by atoms with E-state index in [1.807, 2.05) is 6.07 Å². The van der Waals surface area contributed by atoms with Crippen molar-refractivity contribution in [3.63, 3.8) is 0 Å². The number of nitrogens with zero attached hydrogens (tertiary/aromatic N) is 1. The number of nitrogens with two attached hydrogens (primary N) is 1. The van der Waals surface area contributed by atoms with Gasteiger partial charge < -0.3 is 15.2 Å². The molecule has 0 aliphatic carbocycles. The van der Waals surface area contributed by atoms with Crippen molar-refractivity contribution < 1.29 is 23.5 Å². The van der Waals surface area contributed by atoms with Crippen molar-refractivity contribution in [2.24, 2.45) is 0 Å². The fourth-order valence-corrected chi connectivity index (χ4v) is 3.00. The molecule has 0 fully saturated rings. The summed E-state index contributed by atoms with van der Waals surface area (Å²) in [4.78, 5) is 24.0. The number of esters is 2. The number of ether oxygens (including phenoxy) is 2. The van der Waals surface area contributed by atoms with E-state index in [2.05, 4.69) is 0 Å². The Morgan fingerprint density at radius 3 is 2.56 bits per heavy atom. The van der Waals surface area contributed by atoms with Gasteiger partial charge >= 0.3 is 11.9 Å². The number of thiophene rings is 1. The molecule has 25 heavy (non-hydrogen) atoms. The van der Waals surface area contributed by atoms with Gasteiger partial charge in [0.1, 0.15) is 28.4 Å². The van der Waals surface area contributed by atoms with Gasteiger partial charge in [0.25, 0.3) is 0 Å². The van der Waals surface area contributed by atoms with Crippen LogP contribution in [0.4, 0.5) is 9.39 Å². The summed E-state index contributed by atoms with van der Waals surface area (Å²) in [5, 5.41) is 9.36. The highest BCUT2D eigenvalue weighted by Gasteiger charge is 2.23. The Hall–Kier alpha value is -2.92. The lowest BCUT2D eigenvalue weighted by Crippen LogP contribution is -2.11. The Kier molecular flexibility index (Phi) is 6.08. The summed E-state index contributed by atoms with van der Waals surface area (Å²) in [6.45, 7) is 1.55. The first-order valence-electron chi connectivity index (χ1n) is 7.34. The first kappa shape index (κ1) is 18.4. The molecule has 0 saturated carbocycles. The van der Waals surface area contributed by atoms with E-state index in [4.69, 9.17) is 15.2 Å². The van der Waals surface area contributed by atoms with E-state index in [1.54, 1.807) is 6.92 Å². The van der Waals surface area contributed by atoms with E-state index >= 15 is 0 Å². The number of hydrogen-bond acceptors (Lipinski definition) is 7. The summed E-state index contributed by atoms with van der Waals surface area (Å²) in [6, 6.07) is 7.35. The van der Waals surface area contributed by atoms with Crippen LogP contribution < -0.4 is 5.73 Å². The largest absolute Gasteiger partial charge is 0.462 e. The van der Waals surface area contributed by atoms with Crippen LogP contribution in [0.15, 0.2) is 24.3 Å². The Morgan fingerprint density at radius 2 is 1.96 bits per heavy atom. The zero-order valence-electron chi connectivity index (χ0n) is 13.4. The van der Waals surface area contributed by atoms with Crippen molar-refractivity contribution >= 4 is 28.3 Å². The SMILES string of the molecule is CCOC(=O)c1sc(N)c(C#N)c1COC(=O)Cc1ccc(F)cc1. The number of nitrogen functional groups attached to an aromatic ring is 1. The van der Waals surface area contributed by atoms with Gasteiger partial charge in [0.05, 0.1) is 18.6 Å². The van der Waals surface area contributed by atoms with Crippen molar-refractivity contribution in [2.45, 2.75) is 20.0 Å². The summed E-state index contributed by atoms with van der Waals surface area (Å²) in [5.41, 5.74) is 6.66. The smallest absolute Gasteiger partial charge is 0.348 e. The van der Waals surface area contributed by atoms with Crippen LogP contribution in [0.1, 0.15) is 33.3 Å². The maximum Gasteiger partial charge on any atom is 0.348 e. The fraction of sp³-hybridized carbons (Fsp3) is 0.235. The number of halogens is 1. The second kappa shape index (κ2) is 8.26. The highest BCUT2D eigenvalue weighted by Crippen LogP contribution is 2.31. The molecule has 2 aromatic rings. The second-order valence-corrected chi connectivity index (χ2v) is 6.00. The predicted molar refractivity (Wildman–Crippen MR) is 89.3 cm³/mol. The molecule has 0 bridgehead atoms. The van der Waals surface area contributed by atoms with E-state index in [0.29, 0.717) is 5.56 Å². The van der Waals surface area contributed by atoms with Crippen LogP contribution in [0.3, 0.4) is 0 Å². The van der Waals surface area contributed by atoms with E-state index in [-0.39, 0.29) is 40.6 Å². The van der Waals surface area contributed by atoms with E-state index < -0.39 is 17.8 Å². The van der Waals surface area contributed by atoms with Gasteiger partial charge in [0.2, 0.25) is 0 Å². The number of benzene rings is 1. The van der Waals surface area contributed by atoms with E-state index in [9.17, 15) is 19.2 Å². The molecule has 2 N–H and O–H groups in total. The average Bonchev–Trinajstić information content (AvgIpc) is 2.91. The number of anilines is 1. The molecule has 1 aromatic carbocycles. The Bertz CT molecular complexity index is 824. The minimum Gasteiger partial charge on any atom is -0.462 e. The molecular weight excluding hydrogens is 347 g/mol. The van der Waals surface area contributed by atoms with Crippen molar-refractivity contribution in [2.75, 3.05) is 12.3 Å². The number of nitriles is 1. The van der Waals surface area contributed by atoms with Gasteiger partial charge in [-0.3, -0.25) is 4.79 Å². The number of carbonyl (C=O) groups excluding carboxylic acids is 2. The van der Waals surface area contributed by atoms with Crippen LogP contribution in [0.2, 0.25) is 0 Å². The third kappa shape index (κ3) is 4.55. The molecule has 0 amide bonds. The van der Waals surface area contributed by atoms with Crippen LogP contribution in [-0.4, -0.2) is 18.5 Å². The molecule has 1 heterocycles. The zero-order chi connectivity index (χ0) is 18.4. The molecule has 130 valence electrons. The molecule has 0 aliphatic heterocycles. The number of carbonyl (C=O) groups is 2. The Labute approximate surface area is 147 Å². The molecule has 2 rings (SSSR count). The van der Waals surface area contributed by atoms with Crippen molar-refractivity contribution in [1.29, 1.82) is 5.26 Å². The van der Waals surface area contributed by atoms with E-state index in [1.165, 1.54) is 24.3 Å². The second-order valence-electron chi connectivity index (χ2n) is 4.95. The first-order chi connectivity index (χ1) is 12.0. The van der Waals surface area contributed by atoms with E-state index in [0.717, 1.165) is 11.3 Å². The summed E-state index contributed by atoms with van der Waals surface area (Å²) in [7, 11) is 0. The van der Waals surface area contributed by atoms with Gasteiger partial charge in [-0.25, -0.2) is 9.18 Å². The van der Waals surface area contributed by atoms with Gasteiger partial charge in [-0.05, 0) is 24.6 Å². The van der Waals surface area contributed by atoms with Crippen LogP contribution in [0.5, 0.6) is 0 Å². The maximum absolute atomic E-state index is 12.9. The maximum atomic E-state index is 12.9. The minimum absolute atomic E-state index is 0.0590. The number of rotatable bonds is 6. The summed E-state index contributed by atoms with van der Waals surface area (Å²) >= 11 is 0.919. The monoisotopic (exact) mass is 362 g/mol. The molecule has 0 unspecified atom stereocenters. The predicted octanol–water partition coefficient (Wildman–Crippen LogP) is 2.80. The normalized spacial score (nSPS) is 10.1. The molecule has 8 heteroatoms. The van der Waals surface area contributed by atoms with Gasteiger partial charge in [0, 0.05) is 5.56 Å². The highest BCUT2D eigenvalue weighted by atomic mass is 32.1. The zero-order valence-corrected chi connectivity index (χ0v) is 14.2. The Balaban J connectivity index is 2.11. The molecule has 0 aliphatic rings. The Morgan fingerprint density at radius 1 is 1.28 bits per heavy atom. The van der Waals surface area contributed by atoms with Crippen LogP contribution in [-0.2, 0) is 27.3 Å². The topological polar surface area (TPSA) is 102 Å². The average molecular weight is 362 g/mol. The minimum atomic E-state index is -0.620. The van der Waals surface area contributed by atoms with Crippen molar-refractivity contribution in [3.05, 3.63) is 51.7 Å². The fourth-order valence-electron chi connectivity index (χ4n) is 2.08. The molecular formula is C17H15FN2O4S. The van der Waals surface area contributed by atoms with Crippen molar-refractivity contribution in [1.82, 2.24) is 0 Å². The van der Waals surface area contributed by atoms with Crippen LogP contribution >= 0.6 is 11.3 Å². The van der Waals surface area contributed by atoms with Gasteiger partial charge in [0.15, 0.2) is 0 Å². The standard InChI is InChI=1S/C17H15FN2O4S/c1-2-23-17(22)15-13(12(8-19)16(20)25-15)9-24-14(21)7-10-3-5-11(18)6-4-10/h3-6H,2,7,9,20H2,1H3. The quantitative estimate of drug-likeness (QED) is 0.793. The molecule has 6 nitrogen and oxygen atoms in total.